The molecule has 2 fully saturated rings. The molecule has 1 aromatic carbocycles. The predicted octanol–water partition coefficient (Wildman–Crippen LogP) is 2.50. The van der Waals surface area contributed by atoms with Crippen LogP contribution in [0.4, 0.5) is 5.69 Å². The average Bonchev–Trinajstić information content (AvgIpc) is 3.14. The summed E-state index contributed by atoms with van der Waals surface area (Å²) in [7, 11) is 2.15. The molecule has 0 spiro atoms. The summed E-state index contributed by atoms with van der Waals surface area (Å²) in [6.07, 6.45) is 2.94. The molecule has 1 aromatic heterocycles. The molecule has 1 atom stereocenters. The molecule has 1 amide bonds. The summed E-state index contributed by atoms with van der Waals surface area (Å²) < 4.78 is 5.36. The van der Waals surface area contributed by atoms with Crippen molar-refractivity contribution < 1.29 is 9.32 Å². The highest BCUT2D eigenvalue weighted by molar-refractivity contribution is 5.94. The summed E-state index contributed by atoms with van der Waals surface area (Å²) >= 11 is 0. The van der Waals surface area contributed by atoms with Crippen LogP contribution in [-0.4, -0.2) is 65.6 Å². The fourth-order valence-corrected chi connectivity index (χ4v) is 3.93. The first-order chi connectivity index (χ1) is 13.1. The van der Waals surface area contributed by atoms with Gasteiger partial charge in [-0.05, 0) is 57.5 Å². The highest BCUT2D eigenvalue weighted by Crippen LogP contribution is 2.31. The van der Waals surface area contributed by atoms with Crippen LogP contribution in [0.1, 0.15) is 47.4 Å². The van der Waals surface area contributed by atoms with Gasteiger partial charge in [0.1, 0.15) is 6.04 Å². The van der Waals surface area contributed by atoms with E-state index in [1.165, 1.54) is 5.69 Å². The quantitative estimate of drug-likeness (QED) is 0.828. The molecule has 0 radical (unpaired) electrons. The van der Waals surface area contributed by atoms with E-state index in [1.54, 1.807) is 6.92 Å². The first-order valence-electron chi connectivity index (χ1n) is 9.76. The maximum absolute atomic E-state index is 13.1. The van der Waals surface area contributed by atoms with E-state index in [2.05, 4.69) is 39.1 Å². The van der Waals surface area contributed by atoms with Gasteiger partial charge in [0, 0.05) is 44.0 Å². The van der Waals surface area contributed by atoms with Crippen molar-refractivity contribution in [3.05, 3.63) is 41.5 Å². The van der Waals surface area contributed by atoms with Gasteiger partial charge < -0.3 is 19.2 Å². The van der Waals surface area contributed by atoms with Crippen LogP contribution in [0, 0.1) is 6.92 Å². The molecule has 0 bridgehead atoms. The molecule has 0 aliphatic carbocycles. The van der Waals surface area contributed by atoms with E-state index in [0.29, 0.717) is 11.7 Å². The number of piperazine rings is 1. The van der Waals surface area contributed by atoms with E-state index in [0.717, 1.165) is 57.5 Å². The standard InChI is InChI=1S/C20H27N5O2/c1-15-21-19(27-22-15)18-5-3-4-10-25(18)20(26)16-6-8-17(9-7-16)24-13-11-23(2)12-14-24/h6-9,18H,3-5,10-14H2,1-2H3/t18-/m1/s1. The predicted molar refractivity (Wildman–Crippen MR) is 103 cm³/mol. The van der Waals surface area contributed by atoms with Gasteiger partial charge in [-0.1, -0.05) is 5.16 Å². The number of benzene rings is 1. The first-order valence-corrected chi connectivity index (χ1v) is 9.76. The molecule has 2 aromatic rings. The molecular formula is C20H27N5O2. The van der Waals surface area contributed by atoms with Crippen LogP contribution in [0.2, 0.25) is 0 Å². The third-order valence-electron chi connectivity index (χ3n) is 5.57. The minimum absolute atomic E-state index is 0.0421. The Labute approximate surface area is 159 Å². The molecule has 144 valence electrons. The Morgan fingerprint density at radius 3 is 2.48 bits per heavy atom. The molecule has 4 rings (SSSR count). The molecule has 2 saturated heterocycles. The van der Waals surface area contributed by atoms with Crippen LogP contribution in [0.3, 0.4) is 0 Å². The highest BCUT2D eigenvalue weighted by Gasteiger charge is 2.32. The maximum Gasteiger partial charge on any atom is 0.254 e. The second-order valence-corrected chi connectivity index (χ2v) is 7.53. The molecule has 7 nitrogen and oxygen atoms in total. The molecule has 3 heterocycles. The number of carbonyl (C=O) groups is 1. The van der Waals surface area contributed by atoms with Gasteiger partial charge in [-0.2, -0.15) is 4.98 Å². The van der Waals surface area contributed by atoms with Crippen LogP contribution in [0.15, 0.2) is 28.8 Å². The fraction of sp³-hybridized carbons (Fsp3) is 0.550. The summed E-state index contributed by atoms with van der Waals surface area (Å²) in [4.78, 5) is 24.1. The summed E-state index contributed by atoms with van der Waals surface area (Å²) in [5, 5.41) is 3.89. The van der Waals surface area contributed by atoms with Gasteiger partial charge in [-0.15, -0.1) is 0 Å². The number of piperidine rings is 1. The Bertz CT molecular complexity index is 780. The van der Waals surface area contributed by atoms with Crippen molar-refractivity contribution in [1.29, 1.82) is 0 Å². The zero-order chi connectivity index (χ0) is 18.8. The van der Waals surface area contributed by atoms with Gasteiger partial charge in [-0.3, -0.25) is 4.79 Å². The van der Waals surface area contributed by atoms with Gasteiger partial charge >= 0.3 is 0 Å². The van der Waals surface area contributed by atoms with Gasteiger partial charge in [0.2, 0.25) is 5.89 Å². The summed E-state index contributed by atoms with van der Waals surface area (Å²) in [5.41, 5.74) is 1.90. The topological polar surface area (TPSA) is 65.7 Å². The lowest BCUT2D eigenvalue weighted by Crippen LogP contribution is -2.44. The number of amides is 1. The Kier molecular flexibility index (Phi) is 5.11. The number of aromatic nitrogens is 2. The second kappa shape index (κ2) is 7.68. The Morgan fingerprint density at radius 2 is 1.81 bits per heavy atom. The van der Waals surface area contributed by atoms with Crippen molar-refractivity contribution in [3.8, 4) is 0 Å². The van der Waals surface area contributed by atoms with Gasteiger partial charge in [-0.25, -0.2) is 0 Å². The lowest BCUT2D eigenvalue weighted by atomic mass is 10.0. The van der Waals surface area contributed by atoms with Crippen molar-refractivity contribution in [1.82, 2.24) is 19.9 Å². The number of hydrogen-bond acceptors (Lipinski definition) is 6. The Hall–Kier alpha value is -2.41. The molecule has 2 aliphatic rings. The summed E-state index contributed by atoms with van der Waals surface area (Å²) in [5.74, 6) is 1.20. The van der Waals surface area contributed by atoms with E-state index in [4.69, 9.17) is 4.52 Å². The van der Waals surface area contributed by atoms with E-state index >= 15 is 0 Å². The molecule has 0 unspecified atom stereocenters. The number of anilines is 1. The summed E-state index contributed by atoms with van der Waals surface area (Å²) in [6.45, 7) is 6.71. The molecule has 2 aliphatic heterocycles. The number of likely N-dealkylation sites (tertiary alicyclic amines) is 1. The third-order valence-corrected chi connectivity index (χ3v) is 5.57. The zero-order valence-electron chi connectivity index (χ0n) is 16.1. The van der Waals surface area contributed by atoms with Gasteiger partial charge in [0.15, 0.2) is 5.82 Å². The van der Waals surface area contributed by atoms with E-state index in [-0.39, 0.29) is 11.9 Å². The molecule has 7 heteroatoms. The number of likely N-dealkylation sites (N-methyl/N-ethyl adjacent to an activating group) is 1. The van der Waals surface area contributed by atoms with E-state index in [9.17, 15) is 4.79 Å². The van der Waals surface area contributed by atoms with Gasteiger partial charge in [0.25, 0.3) is 5.91 Å². The number of aryl methyl sites for hydroxylation is 1. The van der Waals surface area contributed by atoms with Crippen LogP contribution >= 0.6 is 0 Å². The van der Waals surface area contributed by atoms with Crippen LogP contribution in [-0.2, 0) is 0 Å². The fourth-order valence-electron chi connectivity index (χ4n) is 3.93. The largest absolute Gasteiger partial charge is 0.369 e. The Morgan fingerprint density at radius 1 is 1.07 bits per heavy atom. The third kappa shape index (κ3) is 3.83. The Balaban J connectivity index is 1.49. The first kappa shape index (κ1) is 18.0. The van der Waals surface area contributed by atoms with E-state index < -0.39 is 0 Å². The van der Waals surface area contributed by atoms with Gasteiger partial charge in [0.05, 0.1) is 0 Å². The van der Waals surface area contributed by atoms with Crippen LogP contribution in [0.25, 0.3) is 0 Å². The van der Waals surface area contributed by atoms with Crippen molar-refractivity contribution >= 4 is 11.6 Å². The zero-order valence-corrected chi connectivity index (χ0v) is 16.1. The summed E-state index contributed by atoms with van der Waals surface area (Å²) in [6, 6.07) is 7.90. The number of nitrogens with zero attached hydrogens (tertiary/aromatic N) is 5. The number of rotatable bonds is 3. The number of carbonyl (C=O) groups excluding carboxylic acids is 1. The molecule has 0 N–H and O–H groups in total. The van der Waals surface area contributed by atoms with Crippen molar-refractivity contribution in [2.45, 2.75) is 32.2 Å². The van der Waals surface area contributed by atoms with Crippen molar-refractivity contribution in [2.75, 3.05) is 44.7 Å². The van der Waals surface area contributed by atoms with Crippen molar-refractivity contribution in [2.24, 2.45) is 0 Å². The van der Waals surface area contributed by atoms with Crippen molar-refractivity contribution in [3.63, 3.8) is 0 Å². The lowest BCUT2D eigenvalue weighted by molar-refractivity contribution is 0.0561. The van der Waals surface area contributed by atoms with E-state index in [1.807, 2.05) is 17.0 Å². The number of hydrogen-bond donors (Lipinski definition) is 0. The normalized spacial score (nSPS) is 21.5. The molecule has 27 heavy (non-hydrogen) atoms. The lowest BCUT2D eigenvalue weighted by Gasteiger charge is -2.35. The SMILES string of the molecule is Cc1noc([C@H]2CCCCN2C(=O)c2ccc(N3CCN(C)CC3)cc2)n1. The van der Waals surface area contributed by atoms with Crippen LogP contribution in [0.5, 0.6) is 0 Å². The smallest absolute Gasteiger partial charge is 0.254 e. The average molecular weight is 369 g/mol. The monoisotopic (exact) mass is 369 g/mol. The van der Waals surface area contributed by atoms with Crippen LogP contribution < -0.4 is 4.90 Å². The minimum atomic E-state index is -0.121. The minimum Gasteiger partial charge on any atom is -0.369 e. The maximum atomic E-state index is 13.1. The molecular weight excluding hydrogens is 342 g/mol. The molecule has 0 saturated carbocycles. The second-order valence-electron chi connectivity index (χ2n) is 7.53. The highest BCUT2D eigenvalue weighted by atomic mass is 16.5.